The number of hydrogen-bond acceptors (Lipinski definition) is 8. The molecule has 5 rings (SSSR count). The van der Waals surface area contributed by atoms with E-state index in [0.717, 1.165) is 28.4 Å². The lowest BCUT2D eigenvalue weighted by atomic mass is 10.0. The highest BCUT2D eigenvalue weighted by atomic mass is 32.2. The third-order valence-electron chi connectivity index (χ3n) is 7.18. The van der Waals surface area contributed by atoms with Gasteiger partial charge in [-0.15, -0.1) is 23.1 Å². The van der Waals surface area contributed by atoms with E-state index in [9.17, 15) is 14.4 Å². The van der Waals surface area contributed by atoms with Crippen LogP contribution >= 0.6 is 23.1 Å². The summed E-state index contributed by atoms with van der Waals surface area (Å²) in [5.74, 6) is -0.280. The van der Waals surface area contributed by atoms with Crippen LogP contribution in [0.4, 0.5) is 10.7 Å². The van der Waals surface area contributed by atoms with Crippen molar-refractivity contribution in [1.82, 2.24) is 4.90 Å². The number of amides is 2. The summed E-state index contributed by atoms with van der Waals surface area (Å²) in [6.45, 7) is 4.18. The van der Waals surface area contributed by atoms with Gasteiger partial charge in [-0.1, -0.05) is 61.5 Å². The van der Waals surface area contributed by atoms with E-state index in [1.807, 2.05) is 61.5 Å². The molecule has 3 aromatic carbocycles. The molecule has 0 spiro atoms. The summed E-state index contributed by atoms with van der Waals surface area (Å²) < 4.78 is 10.7. The number of ether oxygens (including phenoxy) is 2. The van der Waals surface area contributed by atoms with Crippen LogP contribution in [0, 0.1) is 0 Å². The summed E-state index contributed by atoms with van der Waals surface area (Å²) in [4.78, 5) is 43.1. The van der Waals surface area contributed by atoms with Crippen molar-refractivity contribution in [3.8, 4) is 5.75 Å². The normalized spacial score (nSPS) is 13.4. The SMILES string of the molecule is CCC(Sc1cccc(NC(=O)COc2ccccc2)c1)C(=O)Nc1sc2c(c1C(=O)OC)CCN(Cc1ccccc1)C2. The Kier molecular flexibility index (Phi) is 10.7. The minimum absolute atomic E-state index is 0.112. The predicted octanol–water partition coefficient (Wildman–Crippen LogP) is 6.62. The molecule has 0 radical (unpaired) electrons. The molecule has 0 saturated heterocycles. The number of para-hydroxylation sites is 1. The fraction of sp³-hybridized carbons (Fsp3) is 0.265. The highest BCUT2D eigenvalue weighted by molar-refractivity contribution is 8.00. The van der Waals surface area contributed by atoms with Crippen molar-refractivity contribution in [2.45, 2.75) is 43.0 Å². The van der Waals surface area contributed by atoms with Crippen LogP contribution in [0.25, 0.3) is 0 Å². The summed E-state index contributed by atoms with van der Waals surface area (Å²) in [5.41, 5.74) is 3.27. The molecule has 1 atom stereocenters. The van der Waals surface area contributed by atoms with E-state index in [4.69, 9.17) is 9.47 Å². The molecule has 10 heteroatoms. The predicted molar refractivity (Wildman–Crippen MR) is 175 cm³/mol. The molecule has 1 aliphatic heterocycles. The van der Waals surface area contributed by atoms with Gasteiger partial charge in [0, 0.05) is 35.1 Å². The number of esters is 1. The molecule has 1 unspecified atom stereocenters. The van der Waals surface area contributed by atoms with Crippen LogP contribution < -0.4 is 15.4 Å². The van der Waals surface area contributed by atoms with E-state index >= 15 is 0 Å². The van der Waals surface area contributed by atoms with Crippen LogP contribution in [-0.4, -0.2) is 48.2 Å². The number of carbonyl (C=O) groups is 3. The Morgan fingerprint density at radius 3 is 2.45 bits per heavy atom. The minimum atomic E-state index is -0.435. The number of methoxy groups -OCH3 is 1. The molecule has 1 aromatic heterocycles. The minimum Gasteiger partial charge on any atom is -0.484 e. The molecule has 228 valence electrons. The van der Waals surface area contributed by atoms with E-state index in [1.165, 1.54) is 35.8 Å². The van der Waals surface area contributed by atoms with Crippen LogP contribution in [0.3, 0.4) is 0 Å². The molecule has 0 bridgehead atoms. The largest absolute Gasteiger partial charge is 0.484 e. The van der Waals surface area contributed by atoms with Gasteiger partial charge in [0.25, 0.3) is 5.91 Å². The van der Waals surface area contributed by atoms with Crippen LogP contribution in [0.1, 0.15) is 39.7 Å². The average Bonchev–Trinajstić information content (AvgIpc) is 3.40. The molecule has 2 heterocycles. The van der Waals surface area contributed by atoms with Gasteiger partial charge >= 0.3 is 5.97 Å². The lowest BCUT2D eigenvalue weighted by Gasteiger charge is -2.27. The number of thioether (sulfide) groups is 1. The van der Waals surface area contributed by atoms with E-state index in [-0.39, 0.29) is 18.4 Å². The molecule has 4 aromatic rings. The molecule has 8 nitrogen and oxygen atoms in total. The number of carbonyl (C=O) groups excluding carboxylic acids is 3. The lowest BCUT2D eigenvalue weighted by Crippen LogP contribution is -2.30. The number of benzene rings is 3. The van der Waals surface area contributed by atoms with Crippen molar-refractivity contribution < 1.29 is 23.9 Å². The Hall–Kier alpha value is -4.12. The molecule has 2 amide bonds. The quantitative estimate of drug-likeness (QED) is 0.134. The number of anilines is 2. The Balaban J connectivity index is 1.23. The van der Waals surface area contributed by atoms with Gasteiger partial charge in [-0.3, -0.25) is 14.5 Å². The third kappa shape index (κ3) is 8.07. The van der Waals surface area contributed by atoms with E-state index in [1.54, 1.807) is 18.2 Å². The van der Waals surface area contributed by atoms with Crippen LogP contribution in [0.5, 0.6) is 5.75 Å². The van der Waals surface area contributed by atoms with Crippen LogP contribution in [-0.2, 0) is 33.8 Å². The van der Waals surface area contributed by atoms with Gasteiger partial charge in [-0.05, 0) is 54.3 Å². The summed E-state index contributed by atoms with van der Waals surface area (Å²) in [5, 5.41) is 6.02. The Bertz CT molecular complexity index is 1590. The van der Waals surface area contributed by atoms with Crippen molar-refractivity contribution in [1.29, 1.82) is 0 Å². The molecule has 0 fully saturated rings. The maximum absolute atomic E-state index is 13.5. The zero-order valence-electron chi connectivity index (χ0n) is 24.7. The maximum Gasteiger partial charge on any atom is 0.341 e. The average molecular weight is 630 g/mol. The van der Waals surface area contributed by atoms with Gasteiger partial charge < -0.3 is 20.1 Å². The molecule has 0 saturated carbocycles. The first-order chi connectivity index (χ1) is 21.4. The number of thiophene rings is 1. The maximum atomic E-state index is 13.5. The molecule has 0 aliphatic carbocycles. The van der Waals surface area contributed by atoms with Crippen molar-refractivity contribution >= 4 is 51.6 Å². The first-order valence-electron chi connectivity index (χ1n) is 14.5. The topological polar surface area (TPSA) is 97.0 Å². The van der Waals surface area contributed by atoms with Gasteiger partial charge in [-0.25, -0.2) is 4.79 Å². The monoisotopic (exact) mass is 629 g/mol. The number of nitrogens with one attached hydrogen (secondary N) is 2. The highest BCUT2D eigenvalue weighted by Gasteiger charge is 2.30. The standard InChI is InChI=1S/C34H35N3O5S2/c1-3-28(43-26-16-10-13-24(19-26)35-30(38)22-42-25-14-8-5-9-15-25)32(39)36-33-31(34(40)41-2)27-17-18-37(21-29(27)44-33)20-23-11-6-4-7-12-23/h4-16,19,28H,3,17-18,20-22H2,1-2H3,(H,35,38)(H,36,39). The fourth-order valence-electron chi connectivity index (χ4n) is 5.03. The Morgan fingerprint density at radius 2 is 1.73 bits per heavy atom. The van der Waals surface area contributed by atoms with Gasteiger partial charge in [0.1, 0.15) is 10.8 Å². The first-order valence-corrected chi connectivity index (χ1v) is 16.2. The third-order valence-corrected chi connectivity index (χ3v) is 9.67. The van der Waals surface area contributed by atoms with Gasteiger partial charge in [-0.2, -0.15) is 0 Å². The Labute approximate surface area is 265 Å². The zero-order valence-corrected chi connectivity index (χ0v) is 26.3. The number of fused-ring (bicyclic) bond motifs is 1. The molecular weight excluding hydrogens is 595 g/mol. The van der Waals surface area contributed by atoms with Crippen LogP contribution in [0.2, 0.25) is 0 Å². The van der Waals surface area contributed by atoms with E-state index in [2.05, 4.69) is 27.7 Å². The molecule has 44 heavy (non-hydrogen) atoms. The first kappa shape index (κ1) is 31.3. The summed E-state index contributed by atoms with van der Waals surface area (Å²) in [7, 11) is 1.37. The van der Waals surface area contributed by atoms with Gasteiger partial charge in [0.2, 0.25) is 5.91 Å². The number of nitrogens with zero attached hydrogens (tertiary/aromatic N) is 1. The van der Waals surface area contributed by atoms with Gasteiger partial charge in [0.15, 0.2) is 6.61 Å². The number of rotatable bonds is 12. The van der Waals surface area contributed by atoms with Crippen molar-refractivity contribution in [3.05, 3.63) is 106 Å². The smallest absolute Gasteiger partial charge is 0.341 e. The summed E-state index contributed by atoms with van der Waals surface area (Å²) in [6, 6.07) is 26.8. The second-order valence-corrected chi connectivity index (χ2v) is 12.7. The van der Waals surface area contributed by atoms with E-state index in [0.29, 0.717) is 41.4 Å². The lowest BCUT2D eigenvalue weighted by molar-refractivity contribution is -0.118. The fourth-order valence-corrected chi connectivity index (χ4v) is 7.32. The molecular formula is C34H35N3O5S2. The summed E-state index contributed by atoms with van der Waals surface area (Å²) >= 11 is 2.86. The molecule has 1 aliphatic rings. The van der Waals surface area contributed by atoms with Crippen LogP contribution in [0.15, 0.2) is 89.8 Å². The van der Waals surface area contributed by atoms with E-state index < -0.39 is 11.2 Å². The van der Waals surface area contributed by atoms with Crippen molar-refractivity contribution in [2.75, 3.05) is 30.9 Å². The Morgan fingerprint density at radius 1 is 0.977 bits per heavy atom. The van der Waals surface area contributed by atoms with Crippen molar-refractivity contribution in [2.24, 2.45) is 0 Å². The second-order valence-electron chi connectivity index (χ2n) is 10.3. The highest BCUT2D eigenvalue weighted by Crippen LogP contribution is 2.39. The van der Waals surface area contributed by atoms with Gasteiger partial charge in [0.05, 0.1) is 17.9 Å². The second kappa shape index (κ2) is 15.1. The number of hydrogen-bond donors (Lipinski definition) is 2. The van der Waals surface area contributed by atoms with Crippen molar-refractivity contribution in [3.63, 3.8) is 0 Å². The molecule has 2 N–H and O–H groups in total. The summed E-state index contributed by atoms with van der Waals surface area (Å²) in [6.07, 6.45) is 1.28. The zero-order chi connectivity index (χ0) is 30.9.